The minimum Gasteiger partial charge on any atom is -0.413 e. The lowest BCUT2D eigenvalue weighted by atomic mass is 10.2. The molecule has 0 aromatic carbocycles. The molecule has 0 spiro atoms. The first kappa shape index (κ1) is 17.6. The fraction of sp³-hybridized carbons (Fsp3) is 0.733. The first-order valence-corrected chi connectivity index (χ1v) is 9.49. The second-order valence-corrected chi connectivity index (χ2v) is 11.3. The van der Waals surface area contributed by atoms with E-state index < -0.39 is 8.32 Å². The third-order valence-electron chi connectivity index (χ3n) is 3.44. The van der Waals surface area contributed by atoms with Gasteiger partial charge in [0.15, 0.2) is 8.32 Å². The van der Waals surface area contributed by atoms with Crippen molar-refractivity contribution >= 4 is 8.32 Å². The molecule has 0 aromatic rings. The van der Waals surface area contributed by atoms with Crippen LogP contribution in [0.2, 0.25) is 18.1 Å². The Morgan fingerprint density at radius 3 is 2.17 bits per heavy atom. The summed E-state index contributed by atoms with van der Waals surface area (Å²) in [5.74, 6) is 0. The van der Waals surface area contributed by atoms with Crippen molar-refractivity contribution in [1.82, 2.24) is 0 Å². The van der Waals surface area contributed by atoms with Gasteiger partial charge in [0.2, 0.25) is 0 Å². The van der Waals surface area contributed by atoms with Crippen LogP contribution in [0, 0.1) is 0 Å². The zero-order valence-electron chi connectivity index (χ0n) is 13.3. The number of hydrogen-bond donors (Lipinski definition) is 0. The van der Waals surface area contributed by atoms with Crippen molar-refractivity contribution in [1.29, 1.82) is 0 Å². The molecule has 0 bridgehead atoms. The van der Waals surface area contributed by atoms with E-state index in [-0.39, 0.29) is 11.1 Å². The molecule has 0 aromatic heterocycles. The van der Waals surface area contributed by atoms with Crippen molar-refractivity contribution < 1.29 is 9.16 Å². The average Bonchev–Trinajstić information content (AvgIpc) is 2.20. The van der Waals surface area contributed by atoms with Crippen molar-refractivity contribution in [2.24, 2.45) is 0 Å². The van der Waals surface area contributed by atoms with Crippen LogP contribution >= 0.6 is 0 Å². The largest absolute Gasteiger partial charge is 0.413 e. The lowest BCUT2D eigenvalue weighted by Gasteiger charge is -2.35. The van der Waals surface area contributed by atoms with E-state index in [0.717, 1.165) is 0 Å². The summed E-state index contributed by atoms with van der Waals surface area (Å²) in [6, 6.07) is 0. The molecule has 0 heterocycles. The van der Waals surface area contributed by atoms with Crippen LogP contribution in [-0.2, 0) is 9.16 Å². The van der Waals surface area contributed by atoms with Crippen molar-refractivity contribution in [2.45, 2.75) is 58.9 Å². The molecule has 18 heavy (non-hydrogen) atoms. The van der Waals surface area contributed by atoms with Crippen LogP contribution in [0.25, 0.3) is 0 Å². The highest BCUT2D eigenvalue weighted by Gasteiger charge is 2.36. The summed E-state index contributed by atoms with van der Waals surface area (Å²) in [7, 11) is 0.0987. The van der Waals surface area contributed by atoms with E-state index in [1.165, 1.54) is 5.57 Å². The molecule has 0 aliphatic rings. The standard InChI is InChI=1S/C15H30O2Si/c1-13(2)12-14(16-6)10-9-11-17-18(7,8)15(3,4)5/h9-10,12,14H,11H2,1-8H3/b10-9-. The Bertz CT molecular complexity index is 294. The molecule has 0 radical (unpaired) electrons. The van der Waals surface area contributed by atoms with E-state index >= 15 is 0 Å². The van der Waals surface area contributed by atoms with E-state index in [2.05, 4.69) is 65.9 Å². The van der Waals surface area contributed by atoms with Crippen molar-refractivity contribution in [3.8, 4) is 0 Å². The quantitative estimate of drug-likeness (QED) is 0.521. The molecular formula is C15H30O2Si. The Morgan fingerprint density at radius 1 is 1.22 bits per heavy atom. The molecule has 3 heteroatoms. The fourth-order valence-electron chi connectivity index (χ4n) is 1.19. The van der Waals surface area contributed by atoms with Gasteiger partial charge in [-0.15, -0.1) is 0 Å². The second kappa shape index (κ2) is 7.27. The highest BCUT2D eigenvalue weighted by Crippen LogP contribution is 2.36. The monoisotopic (exact) mass is 270 g/mol. The molecule has 0 saturated carbocycles. The van der Waals surface area contributed by atoms with Crippen LogP contribution < -0.4 is 0 Å². The first-order chi connectivity index (χ1) is 8.10. The van der Waals surface area contributed by atoms with Crippen LogP contribution in [0.15, 0.2) is 23.8 Å². The zero-order valence-corrected chi connectivity index (χ0v) is 14.3. The van der Waals surface area contributed by atoms with E-state index in [0.29, 0.717) is 6.61 Å². The van der Waals surface area contributed by atoms with Crippen LogP contribution in [0.3, 0.4) is 0 Å². The van der Waals surface area contributed by atoms with Gasteiger partial charge in [0.05, 0.1) is 12.7 Å². The summed E-state index contributed by atoms with van der Waals surface area (Å²) in [5.41, 5.74) is 1.26. The normalized spacial score (nSPS) is 14.9. The maximum absolute atomic E-state index is 6.07. The molecule has 0 rings (SSSR count). The number of allylic oxidation sites excluding steroid dienone is 1. The summed E-state index contributed by atoms with van der Waals surface area (Å²) >= 11 is 0. The van der Waals surface area contributed by atoms with Gasteiger partial charge in [-0.1, -0.05) is 44.6 Å². The molecule has 0 aliphatic heterocycles. The predicted octanol–water partition coefficient (Wildman–Crippen LogP) is 4.55. The van der Waals surface area contributed by atoms with Gasteiger partial charge in [-0.3, -0.25) is 0 Å². The lowest BCUT2D eigenvalue weighted by molar-refractivity contribution is 0.176. The maximum Gasteiger partial charge on any atom is 0.192 e. The minimum absolute atomic E-state index is 0.0537. The van der Waals surface area contributed by atoms with E-state index in [1.54, 1.807) is 7.11 Å². The van der Waals surface area contributed by atoms with Gasteiger partial charge in [-0.2, -0.15) is 0 Å². The number of methoxy groups -OCH3 is 1. The summed E-state index contributed by atoms with van der Waals surface area (Å²) in [6.45, 7) is 16.1. The Labute approximate surface area is 114 Å². The average molecular weight is 270 g/mol. The van der Waals surface area contributed by atoms with Crippen LogP contribution in [0.5, 0.6) is 0 Å². The number of ether oxygens (including phenoxy) is 1. The van der Waals surface area contributed by atoms with Gasteiger partial charge in [-0.05, 0) is 32.0 Å². The zero-order chi connectivity index (χ0) is 14.4. The second-order valence-electron chi connectivity index (χ2n) is 6.44. The fourth-order valence-corrected chi connectivity index (χ4v) is 2.14. The summed E-state index contributed by atoms with van der Waals surface area (Å²) in [6.07, 6.45) is 6.27. The van der Waals surface area contributed by atoms with Crippen molar-refractivity contribution in [2.75, 3.05) is 13.7 Å². The Hall–Kier alpha value is -0.383. The smallest absolute Gasteiger partial charge is 0.192 e. The number of rotatable bonds is 6. The summed E-state index contributed by atoms with van der Waals surface area (Å²) in [4.78, 5) is 0. The van der Waals surface area contributed by atoms with Gasteiger partial charge >= 0.3 is 0 Å². The molecule has 0 aliphatic carbocycles. The molecular weight excluding hydrogens is 240 g/mol. The molecule has 106 valence electrons. The summed E-state index contributed by atoms with van der Waals surface area (Å²) < 4.78 is 11.4. The van der Waals surface area contributed by atoms with Crippen molar-refractivity contribution in [3.05, 3.63) is 23.8 Å². The topological polar surface area (TPSA) is 18.5 Å². The number of hydrogen-bond acceptors (Lipinski definition) is 2. The molecule has 0 N–H and O–H groups in total. The molecule has 1 unspecified atom stereocenters. The van der Waals surface area contributed by atoms with Crippen LogP contribution in [0.1, 0.15) is 34.6 Å². The van der Waals surface area contributed by atoms with Gasteiger partial charge in [0.25, 0.3) is 0 Å². The van der Waals surface area contributed by atoms with E-state index in [1.807, 2.05) is 0 Å². The Balaban J connectivity index is 4.30. The Morgan fingerprint density at radius 2 is 1.78 bits per heavy atom. The van der Waals surface area contributed by atoms with Crippen LogP contribution in [-0.4, -0.2) is 28.1 Å². The van der Waals surface area contributed by atoms with Gasteiger partial charge in [-0.25, -0.2) is 0 Å². The Kier molecular flexibility index (Phi) is 7.11. The highest BCUT2D eigenvalue weighted by atomic mass is 28.4. The molecule has 1 atom stereocenters. The SMILES string of the molecule is COC(C=C(C)C)/C=C\CO[Si](C)(C)C(C)(C)C. The summed E-state index contributed by atoms with van der Waals surface area (Å²) in [5, 5.41) is 0.265. The van der Waals surface area contributed by atoms with E-state index in [9.17, 15) is 0 Å². The van der Waals surface area contributed by atoms with Gasteiger partial charge in [0, 0.05) is 7.11 Å². The third kappa shape index (κ3) is 6.52. The lowest BCUT2D eigenvalue weighted by Crippen LogP contribution is -2.40. The van der Waals surface area contributed by atoms with Gasteiger partial charge in [0.1, 0.15) is 0 Å². The first-order valence-electron chi connectivity index (χ1n) is 6.58. The third-order valence-corrected chi connectivity index (χ3v) is 7.94. The molecule has 0 saturated heterocycles. The van der Waals surface area contributed by atoms with Crippen molar-refractivity contribution in [3.63, 3.8) is 0 Å². The minimum atomic E-state index is -1.63. The van der Waals surface area contributed by atoms with Crippen LogP contribution in [0.4, 0.5) is 0 Å². The van der Waals surface area contributed by atoms with Gasteiger partial charge < -0.3 is 9.16 Å². The predicted molar refractivity (Wildman–Crippen MR) is 82.5 cm³/mol. The maximum atomic E-state index is 6.07. The molecule has 0 amide bonds. The molecule has 2 nitrogen and oxygen atoms in total. The highest BCUT2D eigenvalue weighted by molar-refractivity contribution is 6.74. The molecule has 0 fully saturated rings. The van der Waals surface area contributed by atoms with E-state index in [4.69, 9.17) is 9.16 Å².